The molecule has 6 nitrogen and oxygen atoms in total. The van der Waals surface area contributed by atoms with Crippen LogP contribution in [0.15, 0.2) is 48.5 Å². The van der Waals surface area contributed by atoms with Crippen molar-refractivity contribution in [2.75, 3.05) is 23.3 Å². The standard InChI is InChI=1S/C22H26N2O4/c1-5-24(6-2)20-13-9-18(10-14-20)22(27)28-16(4)21(26)23-19-11-7-17(8-12-19)15(3)25/h7-14,16H,5-6H2,1-4H3,(H,23,26)/t16-/m0/s1. The number of amides is 1. The number of ether oxygens (including phenoxy) is 1. The summed E-state index contributed by atoms with van der Waals surface area (Å²) in [6.45, 7) is 8.89. The molecule has 0 aromatic heterocycles. The van der Waals surface area contributed by atoms with Gasteiger partial charge in [0.05, 0.1) is 5.56 Å². The second-order valence-electron chi connectivity index (χ2n) is 6.39. The number of nitrogens with zero attached hydrogens (tertiary/aromatic N) is 1. The first-order chi connectivity index (χ1) is 13.3. The maximum absolute atomic E-state index is 12.3. The summed E-state index contributed by atoms with van der Waals surface area (Å²) >= 11 is 0. The third-order valence-electron chi connectivity index (χ3n) is 4.44. The molecule has 0 saturated carbocycles. The Kier molecular flexibility index (Phi) is 7.32. The van der Waals surface area contributed by atoms with Crippen LogP contribution in [0.3, 0.4) is 0 Å². The number of ketones is 1. The molecule has 0 fully saturated rings. The average molecular weight is 382 g/mol. The molecule has 2 aromatic rings. The second kappa shape index (κ2) is 9.69. The minimum Gasteiger partial charge on any atom is -0.449 e. The molecule has 0 aliphatic carbocycles. The summed E-state index contributed by atoms with van der Waals surface area (Å²) in [6.07, 6.45) is -0.956. The van der Waals surface area contributed by atoms with Crippen molar-refractivity contribution in [1.29, 1.82) is 0 Å². The summed E-state index contributed by atoms with van der Waals surface area (Å²) in [5, 5.41) is 2.67. The Hall–Kier alpha value is -3.15. The highest BCUT2D eigenvalue weighted by Crippen LogP contribution is 2.16. The van der Waals surface area contributed by atoms with E-state index < -0.39 is 18.0 Å². The van der Waals surface area contributed by atoms with Crippen LogP contribution in [-0.2, 0) is 9.53 Å². The lowest BCUT2D eigenvalue weighted by Gasteiger charge is -2.21. The van der Waals surface area contributed by atoms with Crippen molar-refractivity contribution in [3.8, 4) is 0 Å². The Labute approximate surface area is 165 Å². The Morgan fingerprint density at radius 1 is 0.929 bits per heavy atom. The van der Waals surface area contributed by atoms with Crippen molar-refractivity contribution in [3.05, 3.63) is 59.7 Å². The predicted octanol–water partition coefficient (Wildman–Crippen LogP) is 3.92. The molecule has 1 N–H and O–H groups in total. The van der Waals surface area contributed by atoms with Crippen LogP contribution < -0.4 is 10.2 Å². The summed E-state index contributed by atoms with van der Waals surface area (Å²) in [7, 11) is 0. The molecule has 0 saturated heterocycles. The molecule has 0 bridgehead atoms. The Morgan fingerprint density at radius 3 is 1.96 bits per heavy atom. The minimum absolute atomic E-state index is 0.0489. The minimum atomic E-state index is -0.956. The highest BCUT2D eigenvalue weighted by molar-refractivity contribution is 5.98. The van der Waals surface area contributed by atoms with Gasteiger partial charge in [-0.1, -0.05) is 0 Å². The molecular weight excluding hydrogens is 356 g/mol. The summed E-state index contributed by atoms with van der Waals surface area (Å²) < 4.78 is 5.27. The molecule has 148 valence electrons. The number of rotatable bonds is 8. The molecule has 0 aliphatic heterocycles. The third kappa shape index (κ3) is 5.42. The fraction of sp³-hybridized carbons (Fsp3) is 0.318. The molecule has 0 aliphatic rings. The van der Waals surface area contributed by atoms with Crippen LogP contribution in [-0.4, -0.2) is 36.9 Å². The van der Waals surface area contributed by atoms with Crippen LogP contribution in [0.1, 0.15) is 48.4 Å². The lowest BCUT2D eigenvalue weighted by atomic mass is 10.1. The SMILES string of the molecule is CCN(CC)c1ccc(C(=O)O[C@@H](C)C(=O)Nc2ccc(C(C)=O)cc2)cc1. The van der Waals surface area contributed by atoms with Gasteiger partial charge in [-0.2, -0.15) is 0 Å². The lowest BCUT2D eigenvalue weighted by molar-refractivity contribution is -0.123. The Morgan fingerprint density at radius 2 is 1.46 bits per heavy atom. The van der Waals surface area contributed by atoms with Gasteiger partial charge in [0.2, 0.25) is 0 Å². The van der Waals surface area contributed by atoms with E-state index >= 15 is 0 Å². The lowest BCUT2D eigenvalue weighted by Crippen LogP contribution is -2.30. The number of nitrogens with one attached hydrogen (secondary N) is 1. The molecule has 0 unspecified atom stereocenters. The second-order valence-corrected chi connectivity index (χ2v) is 6.39. The zero-order valence-electron chi connectivity index (χ0n) is 16.7. The number of benzene rings is 2. The van der Waals surface area contributed by atoms with Crippen LogP contribution in [0.5, 0.6) is 0 Å². The molecule has 28 heavy (non-hydrogen) atoms. The first-order valence-corrected chi connectivity index (χ1v) is 9.33. The number of carbonyl (C=O) groups excluding carboxylic acids is 3. The number of carbonyl (C=O) groups is 3. The first-order valence-electron chi connectivity index (χ1n) is 9.33. The zero-order valence-corrected chi connectivity index (χ0v) is 16.7. The molecule has 0 heterocycles. The molecule has 6 heteroatoms. The molecule has 2 aromatic carbocycles. The van der Waals surface area contributed by atoms with Crippen LogP contribution >= 0.6 is 0 Å². The highest BCUT2D eigenvalue weighted by atomic mass is 16.5. The number of hydrogen-bond acceptors (Lipinski definition) is 5. The Bertz CT molecular complexity index is 825. The average Bonchev–Trinajstić information content (AvgIpc) is 2.69. The van der Waals surface area contributed by atoms with Crippen molar-refractivity contribution >= 4 is 29.0 Å². The van der Waals surface area contributed by atoms with Gasteiger partial charge in [0.25, 0.3) is 5.91 Å². The van der Waals surface area contributed by atoms with E-state index in [1.54, 1.807) is 36.4 Å². The fourth-order valence-corrected chi connectivity index (χ4v) is 2.71. The van der Waals surface area contributed by atoms with Gasteiger partial charge in [-0.3, -0.25) is 9.59 Å². The topological polar surface area (TPSA) is 75.7 Å². The third-order valence-corrected chi connectivity index (χ3v) is 4.44. The van der Waals surface area contributed by atoms with Gasteiger partial charge in [-0.25, -0.2) is 4.79 Å². The Balaban J connectivity index is 1.95. The van der Waals surface area contributed by atoms with Crippen LogP contribution in [0.4, 0.5) is 11.4 Å². The van der Waals surface area contributed by atoms with Gasteiger partial charge in [-0.15, -0.1) is 0 Å². The van der Waals surface area contributed by atoms with Crippen LogP contribution in [0, 0.1) is 0 Å². The largest absolute Gasteiger partial charge is 0.449 e. The molecule has 0 radical (unpaired) electrons. The number of esters is 1. The molecule has 0 spiro atoms. The summed E-state index contributed by atoms with van der Waals surface area (Å²) in [4.78, 5) is 38.0. The van der Waals surface area contributed by atoms with Gasteiger partial charge in [-0.05, 0) is 76.2 Å². The molecule has 1 amide bonds. The quantitative estimate of drug-likeness (QED) is 0.553. The van der Waals surface area contributed by atoms with E-state index in [1.807, 2.05) is 12.1 Å². The molecule has 1 atom stereocenters. The van der Waals surface area contributed by atoms with Crippen molar-refractivity contribution in [2.45, 2.75) is 33.8 Å². The van der Waals surface area contributed by atoms with Gasteiger partial charge < -0.3 is 15.0 Å². The van der Waals surface area contributed by atoms with E-state index in [2.05, 4.69) is 24.1 Å². The zero-order chi connectivity index (χ0) is 20.7. The molecule has 2 rings (SSSR count). The summed E-state index contributed by atoms with van der Waals surface area (Å²) in [5.74, 6) is -1.04. The highest BCUT2D eigenvalue weighted by Gasteiger charge is 2.19. The number of hydrogen-bond donors (Lipinski definition) is 1. The van der Waals surface area contributed by atoms with Gasteiger partial charge in [0.15, 0.2) is 11.9 Å². The normalized spacial score (nSPS) is 11.4. The summed E-state index contributed by atoms with van der Waals surface area (Å²) in [5.41, 5.74) is 2.51. The van der Waals surface area contributed by atoms with E-state index in [9.17, 15) is 14.4 Å². The van der Waals surface area contributed by atoms with E-state index in [1.165, 1.54) is 13.8 Å². The maximum Gasteiger partial charge on any atom is 0.338 e. The van der Waals surface area contributed by atoms with Crippen LogP contribution in [0.2, 0.25) is 0 Å². The maximum atomic E-state index is 12.3. The fourth-order valence-electron chi connectivity index (χ4n) is 2.71. The van der Waals surface area contributed by atoms with E-state index in [4.69, 9.17) is 4.74 Å². The number of Topliss-reactive ketones (excluding diaryl/α,β-unsaturated/α-hetero) is 1. The van der Waals surface area contributed by atoms with Crippen molar-refractivity contribution in [3.63, 3.8) is 0 Å². The predicted molar refractivity (Wildman–Crippen MR) is 110 cm³/mol. The number of anilines is 2. The van der Waals surface area contributed by atoms with Crippen molar-refractivity contribution < 1.29 is 19.1 Å². The van der Waals surface area contributed by atoms with Gasteiger partial charge >= 0.3 is 5.97 Å². The molecular formula is C22H26N2O4. The van der Waals surface area contributed by atoms with Gasteiger partial charge in [0.1, 0.15) is 0 Å². The van der Waals surface area contributed by atoms with E-state index in [-0.39, 0.29) is 5.78 Å². The van der Waals surface area contributed by atoms with E-state index in [0.29, 0.717) is 16.8 Å². The smallest absolute Gasteiger partial charge is 0.338 e. The monoisotopic (exact) mass is 382 g/mol. The van der Waals surface area contributed by atoms with E-state index in [0.717, 1.165) is 18.8 Å². The van der Waals surface area contributed by atoms with Gasteiger partial charge in [0, 0.05) is 30.0 Å². The van der Waals surface area contributed by atoms with Crippen LogP contribution in [0.25, 0.3) is 0 Å². The van der Waals surface area contributed by atoms with Crippen molar-refractivity contribution in [1.82, 2.24) is 0 Å². The summed E-state index contributed by atoms with van der Waals surface area (Å²) in [6, 6.07) is 13.7. The van der Waals surface area contributed by atoms with Crippen molar-refractivity contribution in [2.24, 2.45) is 0 Å². The first kappa shape index (κ1) is 21.2.